The SMILES string of the molecule is CCCCOc1c(CN[C@H](CC)c2nc(C)no2)cccc1OC. The molecule has 0 bridgehead atoms. The lowest BCUT2D eigenvalue weighted by Gasteiger charge is -2.17. The van der Waals surface area contributed by atoms with Crippen LogP contribution >= 0.6 is 0 Å². The summed E-state index contributed by atoms with van der Waals surface area (Å²) in [7, 11) is 1.66. The van der Waals surface area contributed by atoms with E-state index in [-0.39, 0.29) is 6.04 Å². The van der Waals surface area contributed by atoms with Crippen molar-refractivity contribution >= 4 is 0 Å². The van der Waals surface area contributed by atoms with Gasteiger partial charge < -0.3 is 19.3 Å². The molecular formula is C18H27N3O3. The fourth-order valence-corrected chi connectivity index (χ4v) is 2.44. The number of aryl methyl sites for hydroxylation is 1. The smallest absolute Gasteiger partial charge is 0.243 e. The van der Waals surface area contributed by atoms with Crippen LogP contribution in [0.2, 0.25) is 0 Å². The van der Waals surface area contributed by atoms with Gasteiger partial charge in [-0.3, -0.25) is 0 Å². The minimum atomic E-state index is 0.0147. The van der Waals surface area contributed by atoms with E-state index in [9.17, 15) is 0 Å². The summed E-state index contributed by atoms with van der Waals surface area (Å²) < 4.78 is 16.7. The molecule has 0 unspecified atom stereocenters. The van der Waals surface area contributed by atoms with Crippen molar-refractivity contribution in [3.8, 4) is 11.5 Å². The van der Waals surface area contributed by atoms with Gasteiger partial charge in [0, 0.05) is 12.1 Å². The summed E-state index contributed by atoms with van der Waals surface area (Å²) >= 11 is 0. The first-order chi connectivity index (χ1) is 11.7. The van der Waals surface area contributed by atoms with Gasteiger partial charge >= 0.3 is 0 Å². The van der Waals surface area contributed by atoms with Crippen molar-refractivity contribution in [2.24, 2.45) is 0 Å². The fourth-order valence-electron chi connectivity index (χ4n) is 2.44. The number of nitrogens with one attached hydrogen (secondary N) is 1. The van der Waals surface area contributed by atoms with Crippen LogP contribution in [0.15, 0.2) is 22.7 Å². The number of benzene rings is 1. The van der Waals surface area contributed by atoms with Crippen molar-refractivity contribution in [2.45, 2.75) is 52.6 Å². The Morgan fingerprint density at radius 2 is 2.12 bits per heavy atom. The number of rotatable bonds is 10. The summed E-state index contributed by atoms with van der Waals surface area (Å²) in [5.74, 6) is 2.83. The molecule has 0 saturated heterocycles. The number of unbranched alkanes of at least 4 members (excludes halogenated alkanes) is 1. The van der Waals surface area contributed by atoms with Crippen LogP contribution in [-0.4, -0.2) is 23.9 Å². The van der Waals surface area contributed by atoms with E-state index in [1.807, 2.05) is 25.1 Å². The largest absolute Gasteiger partial charge is 0.493 e. The molecule has 0 fully saturated rings. The molecule has 0 spiro atoms. The molecule has 2 aromatic rings. The standard InChI is InChI=1S/C18H27N3O3/c1-5-7-11-23-17-14(9-8-10-16(17)22-4)12-19-15(6-2)18-20-13(3)21-24-18/h8-10,15,19H,5-7,11-12H2,1-4H3/t15-/m1/s1. The number of methoxy groups -OCH3 is 1. The molecule has 1 aromatic carbocycles. The highest BCUT2D eigenvalue weighted by molar-refractivity contribution is 5.46. The average molecular weight is 333 g/mol. The molecule has 1 aromatic heterocycles. The Morgan fingerprint density at radius 1 is 1.29 bits per heavy atom. The van der Waals surface area contributed by atoms with Crippen molar-refractivity contribution in [1.82, 2.24) is 15.5 Å². The minimum Gasteiger partial charge on any atom is -0.493 e. The lowest BCUT2D eigenvalue weighted by atomic mass is 10.1. The number of hydrogen-bond acceptors (Lipinski definition) is 6. The first-order valence-electron chi connectivity index (χ1n) is 8.51. The van der Waals surface area contributed by atoms with Crippen molar-refractivity contribution in [1.29, 1.82) is 0 Å². The molecule has 0 aliphatic rings. The highest BCUT2D eigenvalue weighted by atomic mass is 16.5. The molecule has 0 saturated carbocycles. The summed E-state index contributed by atoms with van der Waals surface area (Å²) in [6.45, 7) is 7.37. The van der Waals surface area contributed by atoms with E-state index in [0.717, 1.165) is 36.3 Å². The van der Waals surface area contributed by atoms with E-state index in [1.54, 1.807) is 7.11 Å². The molecule has 6 nitrogen and oxygen atoms in total. The van der Waals surface area contributed by atoms with E-state index in [0.29, 0.717) is 24.9 Å². The van der Waals surface area contributed by atoms with Crippen LogP contribution in [-0.2, 0) is 6.54 Å². The monoisotopic (exact) mass is 333 g/mol. The molecule has 0 amide bonds. The molecule has 1 atom stereocenters. The molecule has 24 heavy (non-hydrogen) atoms. The summed E-state index contributed by atoms with van der Waals surface area (Å²) in [4.78, 5) is 4.31. The fraction of sp³-hybridized carbons (Fsp3) is 0.556. The minimum absolute atomic E-state index is 0.0147. The van der Waals surface area contributed by atoms with Gasteiger partial charge in [-0.15, -0.1) is 0 Å². The second-order valence-corrected chi connectivity index (χ2v) is 5.67. The van der Waals surface area contributed by atoms with E-state index in [4.69, 9.17) is 14.0 Å². The first-order valence-corrected chi connectivity index (χ1v) is 8.51. The quantitative estimate of drug-likeness (QED) is 0.667. The molecule has 0 radical (unpaired) electrons. The maximum atomic E-state index is 5.96. The van der Waals surface area contributed by atoms with Gasteiger partial charge in [0.1, 0.15) is 0 Å². The van der Waals surface area contributed by atoms with E-state index >= 15 is 0 Å². The van der Waals surface area contributed by atoms with E-state index < -0.39 is 0 Å². The number of hydrogen-bond donors (Lipinski definition) is 1. The van der Waals surface area contributed by atoms with Crippen LogP contribution in [0, 0.1) is 6.92 Å². The maximum absolute atomic E-state index is 5.96. The number of nitrogens with zero attached hydrogens (tertiary/aromatic N) is 2. The van der Waals surface area contributed by atoms with Crippen LogP contribution in [0.4, 0.5) is 0 Å². The number of ether oxygens (including phenoxy) is 2. The van der Waals surface area contributed by atoms with Crippen LogP contribution in [0.3, 0.4) is 0 Å². The third-order valence-electron chi connectivity index (χ3n) is 3.81. The van der Waals surface area contributed by atoms with Gasteiger partial charge in [0.15, 0.2) is 17.3 Å². The van der Waals surface area contributed by atoms with Crippen LogP contribution in [0.5, 0.6) is 11.5 Å². The van der Waals surface area contributed by atoms with E-state index in [1.165, 1.54) is 0 Å². The lowest BCUT2D eigenvalue weighted by Crippen LogP contribution is -2.21. The van der Waals surface area contributed by atoms with Crippen molar-refractivity contribution in [3.63, 3.8) is 0 Å². The van der Waals surface area contributed by atoms with Gasteiger partial charge in [0.05, 0.1) is 19.8 Å². The Balaban J connectivity index is 2.09. The Hall–Kier alpha value is -2.08. The summed E-state index contributed by atoms with van der Waals surface area (Å²) in [6, 6.07) is 5.95. The Labute approximate surface area is 143 Å². The predicted molar refractivity (Wildman–Crippen MR) is 92.3 cm³/mol. The van der Waals surface area contributed by atoms with Crippen molar-refractivity contribution in [3.05, 3.63) is 35.5 Å². The van der Waals surface area contributed by atoms with Crippen molar-refractivity contribution < 1.29 is 14.0 Å². The second kappa shape index (κ2) is 9.27. The van der Waals surface area contributed by atoms with Crippen LogP contribution in [0.1, 0.15) is 56.4 Å². The molecule has 6 heteroatoms. The Bertz CT molecular complexity index is 628. The van der Waals surface area contributed by atoms with Gasteiger partial charge in [-0.05, 0) is 25.8 Å². The number of aromatic nitrogens is 2. The zero-order valence-electron chi connectivity index (χ0n) is 15.0. The summed E-state index contributed by atoms with van der Waals surface area (Å²) in [5, 5.41) is 7.33. The second-order valence-electron chi connectivity index (χ2n) is 5.67. The van der Waals surface area contributed by atoms with Gasteiger partial charge in [-0.25, -0.2) is 0 Å². The summed E-state index contributed by atoms with van der Waals surface area (Å²) in [6.07, 6.45) is 2.97. The maximum Gasteiger partial charge on any atom is 0.243 e. The van der Waals surface area contributed by atoms with E-state index in [2.05, 4.69) is 29.3 Å². The normalized spacial score (nSPS) is 12.2. The van der Waals surface area contributed by atoms with Crippen LogP contribution < -0.4 is 14.8 Å². The molecule has 0 aliphatic heterocycles. The Morgan fingerprint density at radius 3 is 2.75 bits per heavy atom. The zero-order chi connectivity index (χ0) is 17.4. The highest BCUT2D eigenvalue weighted by Gasteiger charge is 2.17. The third kappa shape index (κ3) is 4.71. The topological polar surface area (TPSA) is 69.4 Å². The van der Waals surface area contributed by atoms with Crippen LogP contribution in [0.25, 0.3) is 0 Å². The first kappa shape index (κ1) is 18.3. The molecular weight excluding hydrogens is 306 g/mol. The predicted octanol–water partition coefficient (Wildman–Crippen LogP) is 3.81. The third-order valence-corrected chi connectivity index (χ3v) is 3.81. The van der Waals surface area contributed by atoms with Crippen molar-refractivity contribution in [2.75, 3.05) is 13.7 Å². The van der Waals surface area contributed by atoms with Gasteiger partial charge in [-0.1, -0.05) is 37.6 Å². The van der Waals surface area contributed by atoms with Gasteiger partial charge in [-0.2, -0.15) is 4.98 Å². The average Bonchev–Trinajstić information content (AvgIpc) is 3.02. The molecule has 132 valence electrons. The Kier molecular flexibility index (Phi) is 7.06. The molecule has 1 heterocycles. The van der Waals surface area contributed by atoms with Gasteiger partial charge in [0.25, 0.3) is 0 Å². The molecule has 0 aliphatic carbocycles. The number of para-hydroxylation sites is 1. The highest BCUT2D eigenvalue weighted by Crippen LogP contribution is 2.31. The summed E-state index contributed by atoms with van der Waals surface area (Å²) in [5.41, 5.74) is 1.06. The van der Waals surface area contributed by atoms with Gasteiger partial charge in [0.2, 0.25) is 5.89 Å². The molecule has 1 N–H and O–H groups in total. The zero-order valence-corrected chi connectivity index (χ0v) is 15.0. The molecule has 2 rings (SSSR count). The lowest BCUT2D eigenvalue weighted by molar-refractivity contribution is 0.282.